The van der Waals surface area contributed by atoms with Crippen molar-refractivity contribution >= 4 is 9.84 Å². The van der Waals surface area contributed by atoms with E-state index < -0.39 is 33.1 Å². The molecule has 0 fully saturated rings. The van der Waals surface area contributed by atoms with Crippen molar-refractivity contribution in [3.63, 3.8) is 0 Å². The molecule has 0 amide bonds. The average molecular weight is 461 g/mol. The molecule has 0 radical (unpaired) electrons. The van der Waals surface area contributed by atoms with E-state index in [0.29, 0.717) is 11.1 Å². The standard InChI is InChI=1S/C22H28F4N2O2S/c1-15(17-5-7-19(23)21(25)13-17)27(3)9-11-31(29,30)12-10-28(4)16(2)18-6-8-20(24)22(26)14-18/h5-8,13-16H,9-12H2,1-4H3. The van der Waals surface area contributed by atoms with Crippen LogP contribution in [0.5, 0.6) is 0 Å². The van der Waals surface area contributed by atoms with Gasteiger partial charge in [-0.25, -0.2) is 26.0 Å². The van der Waals surface area contributed by atoms with E-state index in [1.54, 1.807) is 37.7 Å². The van der Waals surface area contributed by atoms with Crippen molar-refractivity contribution in [1.82, 2.24) is 9.80 Å². The van der Waals surface area contributed by atoms with E-state index in [2.05, 4.69) is 0 Å². The highest BCUT2D eigenvalue weighted by Gasteiger charge is 2.20. The number of halogens is 4. The first kappa shape index (κ1) is 25.3. The molecule has 2 aromatic carbocycles. The number of benzene rings is 2. The molecule has 4 nitrogen and oxygen atoms in total. The highest BCUT2D eigenvalue weighted by Crippen LogP contribution is 2.22. The van der Waals surface area contributed by atoms with Gasteiger partial charge in [0.25, 0.3) is 0 Å². The van der Waals surface area contributed by atoms with Crippen LogP contribution in [0.4, 0.5) is 17.6 Å². The number of rotatable bonds is 10. The monoisotopic (exact) mass is 460 g/mol. The fourth-order valence-electron chi connectivity index (χ4n) is 3.11. The molecule has 2 unspecified atom stereocenters. The third kappa shape index (κ3) is 7.02. The molecule has 0 N–H and O–H groups in total. The first-order valence-corrected chi connectivity index (χ1v) is 11.7. The van der Waals surface area contributed by atoms with Crippen LogP contribution in [0.15, 0.2) is 36.4 Å². The number of sulfone groups is 1. The quantitative estimate of drug-likeness (QED) is 0.495. The van der Waals surface area contributed by atoms with E-state index in [-0.39, 0.29) is 36.7 Å². The van der Waals surface area contributed by atoms with Crippen LogP contribution in [0.2, 0.25) is 0 Å². The summed E-state index contributed by atoms with van der Waals surface area (Å²) in [6.07, 6.45) is 0. The summed E-state index contributed by atoms with van der Waals surface area (Å²) in [5.41, 5.74) is 1.11. The lowest BCUT2D eigenvalue weighted by Crippen LogP contribution is -2.33. The van der Waals surface area contributed by atoms with E-state index in [1.807, 2.05) is 0 Å². The molecule has 0 bridgehead atoms. The number of hydrogen-bond acceptors (Lipinski definition) is 4. The Kier molecular flexibility index (Phi) is 8.62. The molecule has 0 aliphatic heterocycles. The van der Waals surface area contributed by atoms with E-state index in [0.717, 1.165) is 24.3 Å². The Morgan fingerprint density at radius 1 is 0.710 bits per heavy atom. The number of hydrogen-bond donors (Lipinski definition) is 0. The smallest absolute Gasteiger partial charge is 0.159 e. The zero-order valence-electron chi connectivity index (χ0n) is 18.1. The van der Waals surface area contributed by atoms with Gasteiger partial charge in [0.2, 0.25) is 0 Å². The minimum atomic E-state index is -3.38. The van der Waals surface area contributed by atoms with Gasteiger partial charge in [-0.1, -0.05) is 12.1 Å². The molecule has 0 spiro atoms. The van der Waals surface area contributed by atoms with Crippen LogP contribution in [0.1, 0.15) is 37.1 Å². The van der Waals surface area contributed by atoms with Gasteiger partial charge in [0.1, 0.15) is 0 Å². The summed E-state index contributed by atoms with van der Waals surface area (Å²) >= 11 is 0. The maximum atomic E-state index is 13.5. The first-order chi connectivity index (χ1) is 14.4. The molecule has 0 saturated heterocycles. The Morgan fingerprint density at radius 2 is 1.06 bits per heavy atom. The Labute approximate surface area is 181 Å². The summed E-state index contributed by atoms with van der Waals surface area (Å²) in [5.74, 6) is -3.92. The molecule has 0 aliphatic carbocycles. The average Bonchev–Trinajstić information content (AvgIpc) is 2.73. The van der Waals surface area contributed by atoms with Gasteiger partial charge in [0, 0.05) is 25.2 Å². The van der Waals surface area contributed by atoms with E-state index in [9.17, 15) is 26.0 Å². The maximum Gasteiger partial charge on any atom is 0.159 e. The highest BCUT2D eigenvalue weighted by atomic mass is 32.2. The second-order valence-corrected chi connectivity index (χ2v) is 10.1. The third-order valence-electron chi connectivity index (χ3n) is 5.68. The highest BCUT2D eigenvalue weighted by molar-refractivity contribution is 7.91. The summed E-state index contributed by atoms with van der Waals surface area (Å²) < 4.78 is 78.1. The third-order valence-corrected chi connectivity index (χ3v) is 7.29. The SMILES string of the molecule is CC(c1ccc(F)c(F)c1)N(C)CCS(=O)(=O)CCN(C)C(C)c1ccc(F)c(F)c1. The molecule has 2 atom stereocenters. The topological polar surface area (TPSA) is 40.6 Å². The van der Waals surface area contributed by atoms with E-state index in [4.69, 9.17) is 0 Å². The Hall–Kier alpha value is -1.97. The van der Waals surface area contributed by atoms with Crippen molar-refractivity contribution in [2.75, 3.05) is 38.7 Å². The fraction of sp³-hybridized carbons (Fsp3) is 0.455. The molecule has 0 aliphatic rings. The molecular formula is C22H28F4N2O2S. The van der Waals surface area contributed by atoms with Crippen molar-refractivity contribution in [2.45, 2.75) is 25.9 Å². The molecule has 0 aromatic heterocycles. The van der Waals surface area contributed by atoms with E-state index >= 15 is 0 Å². The van der Waals surface area contributed by atoms with Gasteiger partial charge in [-0.2, -0.15) is 0 Å². The summed E-state index contributed by atoms with van der Waals surface area (Å²) in [5, 5.41) is 0. The molecule has 172 valence electrons. The zero-order valence-corrected chi connectivity index (χ0v) is 18.9. The minimum absolute atomic E-state index is 0.0923. The van der Waals surface area contributed by atoms with E-state index in [1.165, 1.54) is 12.1 Å². The van der Waals surface area contributed by atoms with Crippen LogP contribution in [-0.2, 0) is 9.84 Å². The van der Waals surface area contributed by atoms with Gasteiger partial charge < -0.3 is 0 Å². The molecule has 9 heteroatoms. The predicted molar refractivity (Wildman–Crippen MR) is 113 cm³/mol. The summed E-state index contributed by atoms with van der Waals surface area (Å²) in [6, 6.07) is 6.69. The normalized spacial score (nSPS) is 14.3. The van der Waals surface area contributed by atoms with Crippen LogP contribution < -0.4 is 0 Å². The van der Waals surface area contributed by atoms with Gasteiger partial charge in [0.05, 0.1) is 11.5 Å². The summed E-state index contributed by atoms with van der Waals surface area (Å²) in [6.45, 7) is 4.03. The number of nitrogens with zero attached hydrogens (tertiary/aromatic N) is 2. The van der Waals surface area contributed by atoms with Crippen molar-refractivity contribution < 1.29 is 26.0 Å². The van der Waals surface area contributed by atoms with Gasteiger partial charge in [-0.05, 0) is 63.3 Å². The maximum absolute atomic E-state index is 13.5. The summed E-state index contributed by atoms with van der Waals surface area (Å²) in [7, 11) is 0.0575. The molecule has 31 heavy (non-hydrogen) atoms. The Morgan fingerprint density at radius 3 is 1.39 bits per heavy atom. The second kappa shape index (κ2) is 10.6. The molecule has 2 rings (SSSR count). The molecule has 0 saturated carbocycles. The lowest BCUT2D eigenvalue weighted by molar-refractivity contribution is 0.271. The second-order valence-electron chi connectivity index (χ2n) is 7.81. The van der Waals surface area contributed by atoms with Gasteiger partial charge in [-0.3, -0.25) is 9.80 Å². The fourth-order valence-corrected chi connectivity index (χ4v) is 4.45. The lowest BCUT2D eigenvalue weighted by atomic mass is 10.1. The Bertz CT molecular complexity index is 928. The Balaban J connectivity index is 1.89. The van der Waals surface area contributed by atoms with Gasteiger partial charge >= 0.3 is 0 Å². The zero-order chi connectivity index (χ0) is 23.3. The van der Waals surface area contributed by atoms with Crippen molar-refractivity contribution in [3.05, 3.63) is 70.8 Å². The van der Waals surface area contributed by atoms with Crippen molar-refractivity contribution in [3.8, 4) is 0 Å². The van der Waals surface area contributed by atoms with Crippen molar-refractivity contribution in [1.29, 1.82) is 0 Å². The minimum Gasteiger partial charge on any atom is -0.299 e. The van der Waals surface area contributed by atoms with Crippen LogP contribution in [0, 0.1) is 23.3 Å². The summed E-state index contributed by atoms with van der Waals surface area (Å²) in [4.78, 5) is 3.52. The lowest BCUT2D eigenvalue weighted by Gasteiger charge is -2.26. The van der Waals surface area contributed by atoms with Crippen molar-refractivity contribution in [2.24, 2.45) is 0 Å². The van der Waals surface area contributed by atoms with Crippen LogP contribution in [0.25, 0.3) is 0 Å². The van der Waals surface area contributed by atoms with Crippen LogP contribution in [-0.4, -0.2) is 56.9 Å². The molecule has 0 heterocycles. The van der Waals surface area contributed by atoms with Gasteiger partial charge in [-0.15, -0.1) is 0 Å². The first-order valence-electron chi connectivity index (χ1n) is 9.92. The molecular weight excluding hydrogens is 432 g/mol. The van der Waals surface area contributed by atoms with Crippen LogP contribution >= 0.6 is 0 Å². The predicted octanol–water partition coefficient (Wildman–Crippen LogP) is 4.34. The van der Waals surface area contributed by atoms with Crippen LogP contribution in [0.3, 0.4) is 0 Å². The largest absolute Gasteiger partial charge is 0.299 e. The van der Waals surface area contributed by atoms with Gasteiger partial charge in [0.15, 0.2) is 33.1 Å². The molecule has 2 aromatic rings.